The monoisotopic (exact) mass is 350 g/mol. The van der Waals surface area contributed by atoms with E-state index in [2.05, 4.69) is 0 Å². The van der Waals surface area contributed by atoms with Gasteiger partial charge in [0.25, 0.3) is 0 Å². The van der Waals surface area contributed by atoms with E-state index in [0.29, 0.717) is 11.8 Å². The summed E-state index contributed by atoms with van der Waals surface area (Å²) in [6, 6.07) is 10.6. The SMILES string of the molecule is CS(=O)(=O)c1ccc(C(=O)COC(C=O)c2ccc(F)cc2)cc1. The number of carbonyl (C=O) groups excluding carboxylic acids is 2. The Balaban J connectivity index is 2.03. The maximum atomic E-state index is 12.9. The van der Waals surface area contributed by atoms with Gasteiger partial charge in [-0.2, -0.15) is 0 Å². The molecule has 2 aromatic rings. The highest BCUT2D eigenvalue weighted by Crippen LogP contribution is 2.17. The molecule has 0 aliphatic heterocycles. The summed E-state index contributed by atoms with van der Waals surface area (Å²) >= 11 is 0. The average Bonchev–Trinajstić information content (AvgIpc) is 2.56. The van der Waals surface area contributed by atoms with Crippen molar-refractivity contribution in [3.05, 3.63) is 65.5 Å². The second-order valence-corrected chi connectivity index (χ2v) is 7.15. The summed E-state index contributed by atoms with van der Waals surface area (Å²) in [5.74, 6) is -0.838. The van der Waals surface area contributed by atoms with Crippen molar-refractivity contribution in [1.29, 1.82) is 0 Å². The number of hydrogen-bond donors (Lipinski definition) is 0. The van der Waals surface area contributed by atoms with Crippen LogP contribution in [0.4, 0.5) is 4.39 Å². The van der Waals surface area contributed by atoms with Crippen LogP contribution < -0.4 is 0 Å². The highest BCUT2D eigenvalue weighted by molar-refractivity contribution is 7.90. The molecular weight excluding hydrogens is 335 g/mol. The lowest BCUT2D eigenvalue weighted by Gasteiger charge is -2.12. The van der Waals surface area contributed by atoms with Crippen molar-refractivity contribution >= 4 is 21.9 Å². The van der Waals surface area contributed by atoms with E-state index in [1.54, 1.807) is 0 Å². The van der Waals surface area contributed by atoms with Crippen molar-refractivity contribution in [2.75, 3.05) is 12.9 Å². The maximum Gasteiger partial charge on any atom is 0.188 e. The number of ether oxygens (including phenoxy) is 1. The molecule has 0 bridgehead atoms. The lowest BCUT2D eigenvalue weighted by atomic mass is 10.1. The van der Waals surface area contributed by atoms with Crippen LogP contribution >= 0.6 is 0 Å². The average molecular weight is 350 g/mol. The number of aldehydes is 1. The molecular formula is C17H15FO5S. The first kappa shape index (κ1) is 18.0. The van der Waals surface area contributed by atoms with Crippen LogP contribution in [0, 0.1) is 5.82 Å². The van der Waals surface area contributed by atoms with Crippen molar-refractivity contribution < 1.29 is 27.1 Å². The Kier molecular flexibility index (Phi) is 5.58. The Morgan fingerprint density at radius 3 is 2.21 bits per heavy atom. The van der Waals surface area contributed by atoms with Crippen LogP contribution in [0.25, 0.3) is 0 Å². The molecule has 7 heteroatoms. The number of sulfone groups is 1. The van der Waals surface area contributed by atoms with Gasteiger partial charge in [0.15, 0.2) is 21.9 Å². The van der Waals surface area contributed by atoms with Crippen LogP contribution in [0.15, 0.2) is 53.4 Å². The summed E-state index contributed by atoms with van der Waals surface area (Å²) in [5.41, 5.74) is 0.706. The largest absolute Gasteiger partial charge is 0.358 e. The summed E-state index contributed by atoms with van der Waals surface area (Å²) in [6.45, 7) is -0.362. The van der Waals surface area contributed by atoms with Gasteiger partial charge in [-0.05, 0) is 29.8 Å². The van der Waals surface area contributed by atoms with E-state index >= 15 is 0 Å². The quantitative estimate of drug-likeness (QED) is 0.566. The van der Waals surface area contributed by atoms with Gasteiger partial charge in [-0.1, -0.05) is 24.3 Å². The lowest BCUT2D eigenvalue weighted by Crippen LogP contribution is -2.14. The molecule has 2 aromatic carbocycles. The fraction of sp³-hybridized carbons (Fsp3) is 0.176. The predicted molar refractivity (Wildman–Crippen MR) is 85.0 cm³/mol. The summed E-state index contributed by atoms with van der Waals surface area (Å²) < 4.78 is 40.9. The van der Waals surface area contributed by atoms with Gasteiger partial charge in [0.05, 0.1) is 4.90 Å². The topological polar surface area (TPSA) is 77.5 Å². The Bertz CT molecular complexity index is 826. The van der Waals surface area contributed by atoms with Crippen molar-refractivity contribution in [3.63, 3.8) is 0 Å². The molecule has 0 spiro atoms. The number of benzene rings is 2. The van der Waals surface area contributed by atoms with Crippen molar-refractivity contribution in [3.8, 4) is 0 Å². The van der Waals surface area contributed by atoms with E-state index in [1.807, 2.05) is 0 Å². The first-order chi connectivity index (χ1) is 11.3. The minimum absolute atomic E-state index is 0.108. The standard InChI is InChI=1S/C17H15FO5S/c1-24(21,22)15-8-4-12(5-9-15)16(20)11-23-17(10-19)13-2-6-14(18)7-3-13/h2-10,17H,11H2,1H3. The molecule has 0 radical (unpaired) electrons. The maximum absolute atomic E-state index is 12.9. The van der Waals surface area contributed by atoms with Crippen LogP contribution in [0.5, 0.6) is 0 Å². The number of halogens is 1. The first-order valence-electron chi connectivity index (χ1n) is 6.97. The Morgan fingerprint density at radius 2 is 1.71 bits per heavy atom. The van der Waals surface area contributed by atoms with Crippen LogP contribution in [0.3, 0.4) is 0 Å². The third-order valence-electron chi connectivity index (χ3n) is 3.32. The molecule has 0 saturated carbocycles. The fourth-order valence-corrected chi connectivity index (χ4v) is 2.63. The van der Waals surface area contributed by atoms with Crippen LogP contribution in [-0.2, 0) is 19.4 Å². The number of hydrogen-bond acceptors (Lipinski definition) is 5. The van der Waals surface area contributed by atoms with E-state index in [4.69, 9.17) is 4.74 Å². The highest BCUT2D eigenvalue weighted by Gasteiger charge is 2.15. The molecule has 1 atom stereocenters. The Morgan fingerprint density at radius 1 is 1.12 bits per heavy atom. The van der Waals surface area contributed by atoms with Gasteiger partial charge in [-0.3, -0.25) is 4.79 Å². The molecule has 0 aliphatic rings. The van der Waals surface area contributed by atoms with Gasteiger partial charge in [0, 0.05) is 11.8 Å². The van der Waals surface area contributed by atoms with E-state index < -0.39 is 27.5 Å². The number of rotatable bonds is 7. The summed E-state index contributed by atoms with van der Waals surface area (Å²) in [5, 5.41) is 0. The zero-order valence-corrected chi connectivity index (χ0v) is 13.6. The van der Waals surface area contributed by atoms with Gasteiger partial charge >= 0.3 is 0 Å². The second kappa shape index (κ2) is 7.46. The van der Waals surface area contributed by atoms with Crippen LogP contribution in [0.1, 0.15) is 22.0 Å². The van der Waals surface area contributed by atoms with Crippen LogP contribution in [0.2, 0.25) is 0 Å². The third kappa shape index (κ3) is 4.56. The number of Topliss-reactive ketones (excluding diaryl/α,β-unsaturated/α-hetero) is 1. The smallest absolute Gasteiger partial charge is 0.188 e. The summed E-state index contributed by atoms with van der Waals surface area (Å²) in [4.78, 5) is 23.3. The summed E-state index contributed by atoms with van der Waals surface area (Å²) in [7, 11) is -3.33. The summed E-state index contributed by atoms with van der Waals surface area (Å²) in [6.07, 6.45) is 0.613. The van der Waals surface area contributed by atoms with E-state index in [0.717, 1.165) is 6.26 Å². The second-order valence-electron chi connectivity index (χ2n) is 5.14. The normalized spacial score (nSPS) is 12.6. The first-order valence-corrected chi connectivity index (χ1v) is 8.86. The molecule has 0 heterocycles. The van der Waals surface area contributed by atoms with Crippen molar-refractivity contribution in [1.82, 2.24) is 0 Å². The molecule has 0 fully saturated rings. The molecule has 5 nitrogen and oxygen atoms in total. The number of ketones is 1. The van der Waals surface area contributed by atoms with Gasteiger partial charge in [0.2, 0.25) is 0 Å². The zero-order chi connectivity index (χ0) is 17.7. The molecule has 24 heavy (non-hydrogen) atoms. The van der Waals surface area contributed by atoms with Crippen molar-refractivity contribution in [2.45, 2.75) is 11.0 Å². The van der Waals surface area contributed by atoms with E-state index in [9.17, 15) is 22.4 Å². The minimum Gasteiger partial charge on any atom is -0.358 e. The molecule has 0 amide bonds. The van der Waals surface area contributed by atoms with E-state index in [-0.39, 0.29) is 17.1 Å². The molecule has 0 saturated heterocycles. The Labute approximate surface area is 139 Å². The minimum atomic E-state index is -3.33. The molecule has 0 N–H and O–H groups in total. The van der Waals surface area contributed by atoms with Gasteiger partial charge < -0.3 is 9.53 Å². The fourth-order valence-electron chi connectivity index (χ4n) is 2.00. The Hall–Kier alpha value is -2.38. The van der Waals surface area contributed by atoms with Gasteiger partial charge in [-0.15, -0.1) is 0 Å². The molecule has 1 unspecified atom stereocenters. The molecule has 0 aromatic heterocycles. The molecule has 126 valence electrons. The van der Waals surface area contributed by atoms with Crippen molar-refractivity contribution in [2.24, 2.45) is 0 Å². The predicted octanol–water partition coefficient (Wildman–Crippen LogP) is 2.37. The highest BCUT2D eigenvalue weighted by atomic mass is 32.2. The van der Waals surface area contributed by atoms with Gasteiger partial charge in [0.1, 0.15) is 18.5 Å². The van der Waals surface area contributed by atoms with Gasteiger partial charge in [-0.25, -0.2) is 12.8 Å². The van der Waals surface area contributed by atoms with E-state index in [1.165, 1.54) is 48.5 Å². The molecule has 2 rings (SSSR count). The molecule has 0 aliphatic carbocycles. The number of carbonyl (C=O) groups is 2. The van der Waals surface area contributed by atoms with Crippen LogP contribution in [-0.4, -0.2) is 33.3 Å². The lowest BCUT2D eigenvalue weighted by molar-refractivity contribution is -0.117. The third-order valence-corrected chi connectivity index (χ3v) is 4.45. The zero-order valence-electron chi connectivity index (χ0n) is 12.8.